The molecule has 0 radical (unpaired) electrons. The molecule has 21 heavy (non-hydrogen) atoms. The van der Waals surface area contributed by atoms with E-state index in [1.807, 2.05) is 30.5 Å². The van der Waals surface area contributed by atoms with Crippen molar-refractivity contribution in [3.05, 3.63) is 42.2 Å². The Labute approximate surface area is 129 Å². The Morgan fingerprint density at radius 3 is 2.81 bits per heavy atom. The van der Waals surface area contributed by atoms with Crippen molar-refractivity contribution >= 4 is 35.0 Å². The molecule has 0 unspecified atom stereocenters. The highest BCUT2D eigenvalue weighted by molar-refractivity contribution is 7.98. The second-order valence-electron chi connectivity index (χ2n) is 3.89. The first-order valence-corrected chi connectivity index (χ1v) is 7.53. The first-order valence-electron chi connectivity index (χ1n) is 5.93. The predicted octanol–water partition coefficient (Wildman–Crippen LogP) is 2.57. The zero-order chi connectivity index (χ0) is 14.7. The van der Waals surface area contributed by atoms with E-state index in [4.69, 9.17) is 11.6 Å². The molecule has 0 spiro atoms. The average Bonchev–Trinajstić information content (AvgIpc) is 3.01. The molecule has 7 nitrogen and oxygen atoms in total. The highest BCUT2D eigenvalue weighted by Gasteiger charge is 2.09. The second-order valence-corrected chi connectivity index (χ2v) is 5.08. The Hall–Kier alpha value is -2.19. The topological polar surface area (TPSA) is 81.4 Å². The summed E-state index contributed by atoms with van der Waals surface area (Å²) in [6, 6.07) is 7.86. The number of hydrogen-bond acceptors (Lipinski definition) is 7. The summed E-state index contributed by atoms with van der Waals surface area (Å²) in [5.74, 6) is 0.652. The van der Waals surface area contributed by atoms with Crippen molar-refractivity contribution in [3.63, 3.8) is 0 Å². The molecule has 3 rings (SSSR count). The van der Waals surface area contributed by atoms with E-state index in [1.165, 1.54) is 17.3 Å². The fourth-order valence-corrected chi connectivity index (χ4v) is 2.39. The molecule has 0 atom stereocenters. The highest BCUT2D eigenvalue weighted by Crippen LogP contribution is 2.26. The van der Waals surface area contributed by atoms with Gasteiger partial charge in [0, 0.05) is 4.90 Å². The summed E-state index contributed by atoms with van der Waals surface area (Å²) in [5.41, 5.74) is 0.900. The van der Waals surface area contributed by atoms with Crippen LogP contribution >= 0.6 is 23.4 Å². The van der Waals surface area contributed by atoms with Gasteiger partial charge in [0.15, 0.2) is 0 Å². The van der Waals surface area contributed by atoms with Crippen molar-refractivity contribution in [1.82, 2.24) is 29.7 Å². The van der Waals surface area contributed by atoms with Gasteiger partial charge in [0.05, 0.1) is 5.69 Å². The number of rotatable bonds is 4. The molecule has 0 aliphatic carbocycles. The van der Waals surface area contributed by atoms with Gasteiger partial charge in [-0.2, -0.15) is 24.7 Å². The molecule has 1 N–H and O–H groups in total. The first-order chi connectivity index (χ1) is 10.3. The largest absolute Gasteiger partial charge is 0.323 e. The van der Waals surface area contributed by atoms with E-state index in [2.05, 4.69) is 30.4 Å². The van der Waals surface area contributed by atoms with Crippen molar-refractivity contribution in [1.29, 1.82) is 0 Å². The van der Waals surface area contributed by atoms with E-state index in [0.29, 0.717) is 11.9 Å². The highest BCUT2D eigenvalue weighted by atomic mass is 35.5. The number of anilines is 2. The fourth-order valence-electron chi connectivity index (χ4n) is 1.68. The van der Waals surface area contributed by atoms with Gasteiger partial charge in [-0.05, 0) is 30.0 Å². The van der Waals surface area contributed by atoms with E-state index in [9.17, 15) is 0 Å². The molecular weight excluding hydrogens is 310 g/mol. The number of aromatic nitrogens is 6. The third-order valence-electron chi connectivity index (χ3n) is 2.57. The fraction of sp³-hybridized carbons (Fsp3) is 0.0833. The molecular formula is C12H10ClN7S. The Bertz CT molecular complexity index is 747. The SMILES string of the molecule is CSc1ccccc1Nc1nc(Cl)nc(-n2cncn2)n1. The van der Waals surface area contributed by atoms with Crippen molar-refractivity contribution in [2.24, 2.45) is 0 Å². The maximum atomic E-state index is 5.94. The van der Waals surface area contributed by atoms with E-state index >= 15 is 0 Å². The van der Waals surface area contributed by atoms with Gasteiger partial charge in [0.2, 0.25) is 11.2 Å². The minimum atomic E-state index is 0.0830. The van der Waals surface area contributed by atoms with Gasteiger partial charge in [0.25, 0.3) is 5.95 Å². The van der Waals surface area contributed by atoms with Gasteiger partial charge in [-0.3, -0.25) is 0 Å². The molecule has 106 valence electrons. The van der Waals surface area contributed by atoms with Crippen LogP contribution < -0.4 is 5.32 Å². The molecule has 0 amide bonds. The van der Waals surface area contributed by atoms with Crippen LogP contribution in [0.15, 0.2) is 41.8 Å². The molecule has 3 aromatic rings. The lowest BCUT2D eigenvalue weighted by atomic mass is 10.3. The predicted molar refractivity (Wildman–Crippen MR) is 81.3 cm³/mol. The van der Waals surface area contributed by atoms with Gasteiger partial charge < -0.3 is 5.32 Å². The molecule has 1 aromatic carbocycles. The van der Waals surface area contributed by atoms with Crippen LogP contribution in [0.4, 0.5) is 11.6 Å². The summed E-state index contributed by atoms with van der Waals surface area (Å²) in [6.07, 6.45) is 4.89. The normalized spacial score (nSPS) is 10.6. The Morgan fingerprint density at radius 2 is 2.05 bits per heavy atom. The lowest BCUT2D eigenvalue weighted by molar-refractivity contribution is 0.796. The average molecular weight is 320 g/mol. The van der Waals surface area contributed by atoms with Crippen LogP contribution in [0, 0.1) is 0 Å². The van der Waals surface area contributed by atoms with Crippen molar-refractivity contribution in [2.45, 2.75) is 4.90 Å². The Morgan fingerprint density at radius 1 is 1.19 bits per heavy atom. The zero-order valence-electron chi connectivity index (χ0n) is 10.9. The minimum Gasteiger partial charge on any atom is -0.323 e. The minimum absolute atomic E-state index is 0.0830. The van der Waals surface area contributed by atoms with Crippen molar-refractivity contribution in [3.8, 4) is 5.95 Å². The number of hydrogen-bond donors (Lipinski definition) is 1. The van der Waals surface area contributed by atoms with Crippen LogP contribution in [-0.4, -0.2) is 36.0 Å². The summed E-state index contributed by atoms with van der Waals surface area (Å²) >= 11 is 7.56. The number of nitrogens with one attached hydrogen (secondary N) is 1. The molecule has 0 saturated carbocycles. The van der Waals surface area contributed by atoms with Crippen LogP contribution in [0.25, 0.3) is 5.95 Å². The molecule has 2 aromatic heterocycles. The van der Waals surface area contributed by atoms with E-state index in [0.717, 1.165) is 10.6 Å². The monoisotopic (exact) mass is 319 g/mol. The van der Waals surface area contributed by atoms with Gasteiger partial charge in [-0.25, -0.2) is 4.98 Å². The third kappa shape index (κ3) is 3.11. The molecule has 0 aliphatic heterocycles. The second kappa shape index (κ2) is 6.06. The smallest absolute Gasteiger partial charge is 0.258 e. The number of para-hydroxylation sites is 1. The number of nitrogens with zero attached hydrogens (tertiary/aromatic N) is 6. The molecule has 0 saturated heterocycles. The van der Waals surface area contributed by atoms with Crippen LogP contribution in [0.3, 0.4) is 0 Å². The van der Waals surface area contributed by atoms with E-state index < -0.39 is 0 Å². The quantitative estimate of drug-likeness (QED) is 0.740. The van der Waals surface area contributed by atoms with Crippen LogP contribution in [0.5, 0.6) is 0 Å². The van der Waals surface area contributed by atoms with Gasteiger partial charge in [-0.1, -0.05) is 12.1 Å². The van der Waals surface area contributed by atoms with Gasteiger partial charge in [-0.15, -0.1) is 11.8 Å². The summed E-state index contributed by atoms with van der Waals surface area (Å²) < 4.78 is 1.42. The molecule has 2 heterocycles. The van der Waals surface area contributed by atoms with Crippen molar-refractivity contribution < 1.29 is 0 Å². The van der Waals surface area contributed by atoms with Gasteiger partial charge in [0.1, 0.15) is 12.7 Å². The maximum Gasteiger partial charge on any atom is 0.258 e. The molecule has 0 aliphatic rings. The summed E-state index contributed by atoms with van der Waals surface area (Å²) in [5, 5.41) is 7.19. The van der Waals surface area contributed by atoms with Crippen LogP contribution in [0.2, 0.25) is 5.28 Å². The molecule has 0 bridgehead atoms. The van der Waals surface area contributed by atoms with Crippen molar-refractivity contribution in [2.75, 3.05) is 11.6 Å². The maximum absolute atomic E-state index is 5.94. The van der Waals surface area contributed by atoms with Crippen LogP contribution in [-0.2, 0) is 0 Å². The standard InChI is InChI=1S/C12H10ClN7S/c1-21-9-5-3-2-4-8(9)16-11-17-10(13)18-12(19-11)20-7-14-6-15-20/h2-7H,1H3,(H,16,17,18,19). The Kier molecular flexibility index (Phi) is 3.98. The van der Waals surface area contributed by atoms with Gasteiger partial charge >= 0.3 is 0 Å². The third-order valence-corrected chi connectivity index (χ3v) is 3.54. The molecule has 0 fully saturated rings. The summed E-state index contributed by atoms with van der Waals surface area (Å²) in [7, 11) is 0. The molecule has 9 heteroatoms. The zero-order valence-corrected chi connectivity index (χ0v) is 12.5. The van der Waals surface area contributed by atoms with E-state index in [1.54, 1.807) is 11.8 Å². The summed E-state index contributed by atoms with van der Waals surface area (Å²) in [4.78, 5) is 17.3. The lowest BCUT2D eigenvalue weighted by Crippen LogP contribution is -2.07. The number of benzene rings is 1. The van der Waals surface area contributed by atoms with Crippen LogP contribution in [0.1, 0.15) is 0 Å². The lowest BCUT2D eigenvalue weighted by Gasteiger charge is -2.09. The van der Waals surface area contributed by atoms with E-state index in [-0.39, 0.29) is 5.28 Å². The number of halogens is 1. The first kappa shape index (κ1) is 13.8. The summed E-state index contributed by atoms with van der Waals surface area (Å²) in [6.45, 7) is 0. The number of thioether (sulfide) groups is 1. The Balaban J connectivity index is 1.96.